The zero-order valence-corrected chi connectivity index (χ0v) is 15.5. The number of carbonyl (C=O) groups excluding carboxylic acids is 1. The van der Waals surface area contributed by atoms with E-state index in [0.29, 0.717) is 12.5 Å². The Bertz CT molecular complexity index is 747. The summed E-state index contributed by atoms with van der Waals surface area (Å²) in [6.45, 7) is 5.97. The monoisotopic (exact) mass is 355 g/mol. The van der Waals surface area contributed by atoms with Gasteiger partial charge in [-0.2, -0.15) is 0 Å². The van der Waals surface area contributed by atoms with Crippen molar-refractivity contribution in [2.45, 2.75) is 26.2 Å². The number of aliphatic hydroxyl groups excluding tert-OH is 1. The lowest BCUT2D eigenvalue weighted by Crippen LogP contribution is -2.39. The van der Waals surface area contributed by atoms with Crippen LogP contribution in [0.4, 0.5) is 10.5 Å². The number of aliphatic hydroxyl groups is 1. The van der Waals surface area contributed by atoms with Crippen LogP contribution in [0.3, 0.4) is 0 Å². The standard InChI is InChI=1S/C21H29N3O2/c1-16-9-10-18-7-2-3-8-19(18)20(16)23-21(26)22-11-5-13-24-12-4-6-17(14-24)15-25/h2-3,7-10,17,25H,4-6,11-15H2,1H3,(H2,22,23,26). The van der Waals surface area contributed by atoms with Crippen LogP contribution < -0.4 is 10.6 Å². The Morgan fingerprint density at radius 2 is 2.12 bits per heavy atom. The fourth-order valence-corrected chi connectivity index (χ4v) is 3.71. The Hall–Kier alpha value is -2.11. The van der Waals surface area contributed by atoms with E-state index < -0.39 is 0 Å². The molecule has 1 unspecified atom stereocenters. The van der Waals surface area contributed by atoms with Gasteiger partial charge in [0.05, 0.1) is 5.69 Å². The second-order valence-electron chi connectivity index (χ2n) is 7.20. The molecule has 26 heavy (non-hydrogen) atoms. The van der Waals surface area contributed by atoms with Crippen molar-refractivity contribution in [2.24, 2.45) is 5.92 Å². The van der Waals surface area contributed by atoms with Crippen LogP contribution in [-0.4, -0.2) is 48.8 Å². The highest BCUT2D eigenvalue weighted by molar-refractivity contribution is 6.02. The highest BCUT2D eigenvalue weighted by atomic mass is 16.3. The molecule has 5 heteroatoms. The van der Waals surface area contributed by atoms with E-state index in [1.165, 1.54) is 0 Å². The molecule has 1 saturated heterocycles. The normalized spacial score (nSPS) is 18.0. The van der Waals surface area contributed by atoms with Gasteiger partial charge in [-0.25, -0.2) is 4.79 Å². The molecule has 1 fully saturated rings. The number of hydrogen-bond donors (Lipinski definition) is 3. The van der Waals surface area contributed by atoms with Gasteiger partial charge < -0.3 is 20.6 Å². The number of urea groups is 1. The Kier molecular flexibility index (Phi) is 6.47. The summed E-state index contributed by atoms with van der Waals surface area (Å²) in [6, 6.07) is 12.0. The summed E-state index contributed by atoms with van der Waals surface area (Å²) < 4.78 is 0. The Balaban J connectivity index is 1.47. The van der Waals surface area contributed by atoms with Gasteiger partial charge in [0.25, 0.3) is 0 Å². The van der Waals surface area contributed by atoms with Crippen molar-refractivity contribution in [3.05, 3.63) is 42.0 Å². The van der Waals surface area contributed by atoms with Gasteiger partial charge in [0, 0.05) is 25.1 Å². The molecule has 5 nitrogen and oxygen atoms in total. The summed E-state index contributed by atoms with van der Waals surface area (Å²) in [5, 5.41) is 17.5. The van der Waals surface area contributed by atoms with Crippen molar-refractivity contribution >= 4 is 22.5 Å². The number of likely N-dealkylation sites (tertiary alicyclic amines) is 1. The lowest BCUT2D eigenvalue weighted by atomic mass is 9.99. The molecule has 1 atom stereocenters. The maximum Gasteiger partial charge on any atom is 0.319 e. The topological polar surface area (TPSA) is 64.6 Å². The molecule has 0 bridgehead atoms. The summed E-state index contributed by atoms with van der Waals surface area (Å²) in [4.78, 5) is 14.7. The van der Waals surface area contributed by atoms with Crippen LogP contribution in [0.2, 0.25) is 0 Å². The molecule has 2 aromatic carbocycles. The van der Waals surface area contributed by atoms with Gasteiger partial charge in [0.1, 0.15) is 0 Å². The molecule has 3 rings (SSSR count). The van der Waals surface area contributed by atoms with Gasteiger partial charge in [-0.3, -0.25) is 0 Å². The van der Waals surface area contributed by atoms with E-state index in [4.69, 9.17) is 0 Å². The van der Waals surface area contributed by atoms with E-state index in [9.17, 15) is 9.90 Å². The molecular formula is C21H29N3O2. The first kappa shape index (κ1) is 18.7. The highest BCUT2D eigenvalue weighted by Crippen LogP contribution is 2.26. The average Bonchev–Trinajstić information content (AvgIpc) is 2.68. The lowest BCUT2D eigenvalue weighted by molar-refractivity contribution is 0.120. The van der Waals surface area contributed by atoms with E-state index in [2.05, 4.69) is 27.7 Å². The first-order chi connectivity index (χ1) is 12.7. The van der Waals surface area contributed by atoms with Crippen molar-refractivity contribution in [3.8, 4) is 0 Å². The van der Waals surface area contributed by atoms with Crippen molar-refractivity contribution < 1.29 is 9.90 Å². The highest BCUT2D eigenvalue weighted by Gasteiger charge is 2.18. The summed E-state index contributed by atoms with van der Waals surface area (Å²) >= 11 is 0. The third kappa shape index (κ3) is 4.74. The summed E-state index contributed by atoms with van der Waals surface area (Å²) in [5.41, 5.74) is 1.93. The smallest absolute Gasteiger partial charge is 0.319 e. The van der Waals surface area contributed by atoms with Gasteiger partial charge in [-0.15, -0.1) is 0 Å². The number of carbonyl (C=O) groups is 1. The minimum absolute atomic E-state index is 0.156. The quantitative estimate of drug-likeness (QED) is 0.696. The van der Waals surface area contributed by atoms with Crippen LogP contribution in [0.15, 0.2) is 36.4 Å². The van der Waals surface area contributed by atoms with Crippen molar-refractivity contribution in [1.29, 1.82) is 0 Å². The predicted octanol–water partition coefficient (Wildman–Crippen LogP) is 3.36. The molecule has 1 aliphatic heterocycles. The number of hydrogen-bond acceptors (Lipinski definition) is 3. The summed E-state index contributed by atoms with van der Waals surface area (Å²) in [6.07, 6.45) is 3.19. The van der Waals surface area contributed by atoms with Crippen molar-refractivity contribution in [2.75, 3.05) is 38.1 Å². The van der Waals surface area contributed by atoms with Crippen LogP contribution in [0.1, 0.15) is 24.8 Å². The number of rotatable bonds is 6. The van der Waals surface area contributed by atoms with E-state index in [1.807, 2.05) is 31.2 Å². The van der Waals surface area contributed by atoms with Crippen molar-refractivity contribution in [1.82, 2.24) is 10.2 Å². The number of nitrogens with zero attached hydrogens (tertiary/aromatic N) is 1. The molecule has 0 saturated carbocycles. The molecule has 2 amide bonds. The van der Waals surface area contributed by atoms with Crippen LogP contribution in [0, 0.1) is 12.8 Å². The molecule has 1 heterocycles. The van der Waals surface area contributed by atoms with Crippen LogP contribution in [-0.2, 0) is 0 Å². The number of piperidine rings is 1. The van der Waals surface area contributed by atoms with Gasteiger partial charge in [-0.05, 0) is 56.1 Å². The zero-order chi connectivity index (χ0) is 18.4. The van der Waals surface area contributed by atoms with E-state index in [-0.39, 0.29) is 12.6 Å². The minimum Gasteiger partial charge on any atom is -0.396 e. The molecule has 140 valence electrons. The van der Waals surface area contributed by atoms with E-state index in [0.717, 1.165) is 60.9 Å². The number of anilines is 1. The van der Waals surface area contributed by atoms with E-state index >= 15 is 0 Å². The molecule has 0 radical (unpaired) electrons. The van der Waals surface area contributed by atoms with Gasteiger partial charge >= 0.3 is 6.03 Å². The number of amides is 2. The number of aryl methyl sites for hydroxylation is 1. The number of benzene rings is 2. The molecular weight excluding hydrogens is 326 g/mol. The second-order valence-corrected chi connectivity index (χ2v) is 7.20. The Labute approximate surface area is 155 Å². The maximum absolute atomic E-state index is 12.3. The third-order valence-corrected chi connectivity index (χ3v) is 5.17. The third-order valence-electron chi connectivity index (χ3n) is 5.17. The van der Waals surface area contributed by atoms with Crippen molar-refractivity contribution in [3.63, 3.8) is 0 Å². The number of nitrogens with one attached hydrogen (secondary N) is 2. The van der Waals surface area contributed by atoms with Crippen LogP contribution in [0.5, 0.6) is 0 Å². The molecule has 1 aliphatic rings. The second kappa shape index (κ2) is 9.01. The SMILES string of the molecule is Cc1ccc2ccccc2c1NC(=O)NCCCN1CCCC(CO)C1. The minimum atomic E-state index is -0.156. The summed E-state index contributed by atoms with van der Waals surface area (Å²) in [5.74, 6) is 0.411. The predicted molar refractivity (Wildman–Crippen MR) is 107 cm³/mol. The first-order valence-corrected chi connectivity index (χ1v) is 9.54. The average molecular weight is 355 g/mol. The van der Waals surface area contributed by atoms with E-state index in [1.54, 1.807) is 0 Å². The van der Waals surface area contributed by atoms with Crippen LogP contribution >= 0.6 is 0 Å². The molecule has 0 spiro atoms. The molecule has 0 aliphatic carbocycles. The molecule has 0 aromatic heterocycles. The van der Waals surface area contributed by atoms with Gasteiger partial charge in [0.2, 0.25) is 0 Å². The maximum atomic E-state index is 12.3. The number of fused-ring (bicyclic) bond motifs is 1. The zero-order valence-electron chi connectivity index (χ0n) is 15.5. The fourth-order valence-electron chi connectivity index (χ4n) is 3.71. The van der Waals surface area contributed by atoms with Gasteiger partial charge in [0.15, 0.2) is 0 Å². The Morgan fingerprint density at radius 1 is 1.27 bits per heavy atom. The molecule has 2 aromatic rings. The molecule has 3 N–H and O–H groups in total. The Morgan fingerprint density at radius 3 is 2.96 bits per heavy atom. The van der Waals surface area contributed by atoms with Crippen LogP contribution in [0.25, 0.3) is 10.8 Å². The summed E-state index contributed by atoms with van der Waals surface area (Å²) in [7, 11) is 0. The fraction of sp³-hybridized carbons (Fsp3) is 0.476. The van der Waals surface area contributed by atoms with Gasteiger partial charge in [-0.1, -0.05) is 36.4 Å². The largest absolute Gasteiger partial charge is 0.396 e. The first-order valence-electron chi connectivity index (χ1n) is 9.54. The lowest BCUT2D eigenvalue weighted by Gasteiger charge is -2.31.